The Kier molecular flexibility index (Phi) is 7.07. The van der Waals surface area contributed by atoms with Crippen molar-refractivity contribution in [2.75, 3.05) is 50.0 Å². The maximum atomic E-state index is 13.2. The molecule has 2 heterocycles. The van der Waals surface area contributed by atoms with Crippen molar-refractivity contribution in [1.29, 1.82) is 0 Å². The number of nitrogens with two attached hydrogens (primary N) is 1. The Morgan fingerprint density at radius 2 is 1.87 bits per heavy atom. The number of hydrogen-bond donors (Lipinski definition) is 2. The van der Waals surface area contributed by atoms with Crippen LogP contribution in [0.25, 0.3) is 0 Å². The molecule has 0 unspecified atom stereocenters. The summed E-state index contributed by atoms with van der Waals surface area (Å²) in [6.45, 7) is 7.04. The van der Waals surface area contributed by atoms with E-state index in [9.17, 15) is 14.4 Å². The Balaban J connectivity index is 1.97. The SMILES string of the molecule is CC(C)CN(C(=O)CN1CCOCC1)c1c(N)n(Cc2ccccc2)c(=O)[nH]c1=O. The zero-order valence-corrected chi connectivity index (χ0v) is 17.5. The molecule has 3 rings (SSSR count). The van der Waals surface area contributed by atoms with Crippen LogP contribution < -0.4 is 21.9 Å². The van der Waals surface area contributed by atoms with E-state index in [1.165, 1.54) is 9.47 Å². The summed E-state index contributed by atoms with van der Waals surface area (Å²) in [5.41, 5.74) is 5.93. The number of anilines is 2. The lowest BCUT2D eigenvalue weighted by Gasteiger charge is -2.30. The zero-order chi connectivity index (χ0) is 21.7. The van der Waals surface area contributed by atoms with Crippen molar-refractivity contribution in [2.24, 2.45) is 5.92 Å². The molecule has 0 spiro atoms. The minimum atomic E-state index is -0.655. The second kappa shape index (κ2) is 9.73. The largest absolute Gasteiger partial charge is 0.383 e. The second-order valence-corrected chi connectivity index (χ2v) is 7.85. The summed E-state index contributed by atoms with van der Waals surface area (Å²) >= 11 is 0. The average Bonchev–Trinajstić information content (AvgIpc) is 2.71. The molecule has 162 valence electrons. The van der Waals surface area contributed by atoms with E-state index in [0.29, 0.717) is 32.8 Å². The first-order valence-electron chi connectivity index (χ1n) is 10.1. The van der Waals surface area contributed by atoms with Gasteiger partial charge in [0.2, 0.25) is 5.91 Å². The lowest BCUT2D eigenvalue weighted by molar-refractivity contribution is -0.120. The molecule has 30 heavy (non-hydrogen) atoms. The molecule has 3 N–H and O–H groups in total. The smallest absolute Gasteiger partial charge is 0.330 e. The molecular formula is C21H29N5O4. The second-order valence-electron chi connectivity index (χ2n) is 7.85. The predicted octanol–water partition coefficient (Wildman–Crippen LogP) is 0.488. The van der Waals surface area contributed by atoms with Crippen molar-refractivity contribution in [2.45, 2.75) is 20.4 Å². The number of aromatic amines is 1. The molecule has 1 fully saturated rings. The summed E-state index contributed by atoms with van der Waals surface area (Å²) in [6.07, 6.45) is 0. The number of nitrogens with zero attached hydrogens (tertiary/aromatic N) is 3. The molecule has 1 aliphatic rings. The predicted molar refractivity (Wildman–Crippen MR) is 116 cm³/mol. The van der Waals surface area contributed by atoms with Crippen molar-refractivity contribution >= 4 is 17.4 Å². The van der Waals surface area contributed by atoms with Gasteiger partial charge in [0, 0.05) is 19.6 Å². The van der Waals surface area contributed by atoms with E-state index in [2.05, 4.69) is 4.98 Å². The van der Waals surface area contributed by atoms with Gasteiger partial charge in [-0.25, -0.2) is 4.79 Å². The van der Waals surface area contributed by atoms with Gasteiger partial charge in [0.05, 0.1) is 26.3 Å². The van der Waals surface area contributed by atoms with Gasteiger partial charge in [-0.3, -0.25) is 24.0 Å². The van der Waals surface area contributed by atoms with E-state index in [1.54, 1.807) is 0 Å². The van der Waals surface area contributed by atoms with E-state index in [4.69, 9.17) is 10.5 Å². The molecule has 0 radical (unpaired) electrons. The molecule has 0 saturated carbocycles. The lowest BCUT2D eigenvalue weighted by Crippen LogP contribution is -2.48. The summed E-state index contributed by atoms with van der Waals surface area (Å²) in [6, 6.07) is 9.33. The average molecular weight is 415 g/mol. The van der Waals surface area contributed by atoms with Crippen molar-refractivity contribution in [3.05, 3.63) is 56.7 Å². The topological polar surface area (TPSA) is 114 Å². The van der Waals surface area contributed by atoms with Crippen molar-refractivity contribution in [3.63, 3.8) is 0 Å². The molecule has 1 aromatic heterocycles. The molecule has 2 aromatic rings. The van der Waals surface area contributed by atoms with E-state index in [1.807, 2.05) is 49.1 Å². The summed E-state index contributed by atoms with van der Waals surface area (Å²) in [5.74, 6) is -0.136. The van der Waals surface area contributed by atoms with Gasteiger partial charge in [-0.1, -0.05) is 44.2 Å². The third-order valence-corrected chi connectivity index (χ3v) is 4.98. The number of ether oxygens (including phenoxy) is 1. The van der Waals surface area contributed by atoms with Crippen LogP contribution >= 0.6 is 0 Å². The summed E-state index contributed by atoms with van der Waals surface area (Å²) in [5, 5.41) is 0. The molecule has 1 saturated heterocycles. The van der Waals surface area contributed by atoms with Gasteiger partial charge >= 0.3 is 5.69 Å². The molecule has 1 amide bonds. The number of hydrogen-bond acceptors (Lipinski definition) is 6. The molecule has 9 heteroatoms. The number of amides is 1. The van der Waals surface area contributed by atoms with Crippen LogP contribution in [-0.4, -0.2) is 59.8 Å². The van der Waals surface area contributed by atoms with Crippen LogP contribution in [0.4, 0.5) is 11.5 Å². The summed E-state index contributed by atoms with van der Waals surface area (Å²) < 4.78 is 6.63. The van der Waals surface area contributed by atoms with Crippen LogP contribution in [0, 0.1) is 5.92 Å². The Hall–Kier alpha value is -2.91. The molecule has 1 aliphatic heterocycles. The van der Waals surface area contributed by atoms with E-state index < -0.39 is 11.2 Å². The first kappa shape index (κ1) is 21.8. The number of benzene rings is 1. The normalized spacial score (nSPS) is 14.8. The van der Waals surface area contributed by atoms with Crippen molar-refractivity contribution in [1.82, 2.24) is 14.5 Å². The van der Waals surface area contributed by atoms with Crippen LogP contribution in [0.3, 0.4) is 0 Å². The number of rotatable bonds is 7. The highest BCUT2D eigenvalue weighted by Gasteiger charge is 2.27. The van der Waals surface area contributed by atoms with Crippen LogP contribution in [0.5, 0.6) is 0 Å². The van der Waals surface area contributed by atoms with Gasteiger partial charge in [-0.15, -0.1) is 0 Å². The first-order valence-corrected chi connectivity index (χ1v) is 10.1. The minimum Gasteiger partial charge on any atom is -0.383 e. The molecule has 0 atom stereocenters. The Labute approximate surface area is 175 Å². The lowest BCUT2D eigenvalue weighted by atomic mass is 10.2. The Morgan fingerprint density at radius 1 is 1.20 bits per heavy atom. The van der Waals surface area contributed by atoms with Crippen molar-refractivity contribution < 1.29 is 9.53 Å². The van der Waals surface area contributed by atoms with Gasteiger partial charge in [0.25, 0.3) is 5.56 Å². The highest BCUT2D eigenvalue weighted by Crippen LogP contribution is 2.20. The number of nitrogen functional groups attached to an aromatic ring is 1. The van der Waals surface area contributed by atoms with Crippen molar-refractivity contribution in [3.8, 4) is 0 Å². The monoisotopic (exact) mass is 415 g/mol. The highest BCUT2D eigenvalue weighted by molar-refractivity contribution is 5.96. The van der Waals surface area contributed by atoms with Crippen LogP contribution in [0.2, 0.25) is 0 Å². The molecule has 0 aliphatic carbocycles. The van der Waals surface area contributed by atoms with Crippen LogP contribution in [0.1, 0.15) is 19.4 Å². The molecular weight excluding hydrogens is 386 g/mol. The fraction of sp³-hybridized carbons (Fsp3) is 0.476. The van der Waals surface area contributed by atoms with Gasteiger partial charge in [0.15, 0.2) is 5.69 Å². The number of morpholine rings is 1. The van der Waals surface area contributed by atoms with E-state index in [0.717, 1.165) is 5.56 Å². The number of carbonyl (C=O) groups excluding carboxylic acids is 1. The standard InChI is InChI=1S/C21H29N5O4/c1-15(2)12-25(17(27)14-24-8-10-30-11-9-24)18-19(22)26(21(29)23-20(18)28)13-16-6-4-3-5-7-16/h3-7,15H,8-14,22H2,1-2H3,(H,23,28,29). The van der Waals surface area contributed by atoms with Gasteiger partial charge in [-0.05, 0) is 11.5 Å². The van der Waals surface area contributed by atoms with Gasteiger partial charge in [0.1, 0.15) is 5.82 Å². The maximum absolute atomic E-state index is 13.2. The first-order chi connectivity index (χ1) is 14.4. The molecule has 0 bridgehead atoms. The third kappa shape index (κ3) is 5.17. The fourth-order valence-corrected chi connectivity index (χ4v) is 3.48. The Bertz CT molecular complexity index is 977. The van der Waals surface area contributed by atoms with Crippen LogP contribution in [-0.2, 0) is 16.1 Å². The van der Waals surface area contributed by atoms with E-state index in [-0.39, 0.29) is 36.4 Å². The minimum absolute atomic E-state index is 0.0106. The summed E-state index contributed by atoms with van der Waals surface area (Å²) in [4.78, 5) is 44.0. The molecule has 9 nitrogen and oxygen atoms in total. The fourth-order valence-electron chi connectivity index (χ4n) is 3.48. The van der Waals surface area contributed by atoms with Gasteiger partial charge < -0.3 is 15.4 Å². The number of carbonyl (C=O) groups is 1. The zero-order valence-electron chi connectivity index (χ0n) is 17.5. The maximum Gasteiger partial charge on any atom is 0.330 e. The number of H-pyrrole nitrogens is 1. The Morgan fingerprint density at radius 3 is 2.50 bits per heavy atom. The quantitative estimate of drug-likeness (QED) is 0.680. The number of nitrogens with one attached hydrogen (secondary N) is 1. The van der Waals surface area contributed by atoms with Gasteiger partial charge in [-0.2, -0.15) is 0 Å². The van der Waals surface area contributed by atoms with Crippen LogP contribution in [0.15, 0.2) is 39.9 Å². The highest BCUT2D eigenvalue weighted by atomic mass is 16.5. The summed E-state index contributed by atoms with van der Waals surface area (Å²) in [7, 11) is 0. The third-order valence-electron chi connectivity index (χ3n) is 4.98. The number of aromatic nitrogens is 2. The van der Waals surface area contributed by atoms with E-state index >= 15 is 0 Å². The molecule has 1 aromatic carbocycles.